The van der Waals surface area contributed by atoms with Crippen LogP contribution >= 0.6 is 16.3 Å². The molecule has 0 radical (unpaired) electrons. The molecule has 1 N–H and O–H groups in total. The Hall–Kier alpha value is -1.69. The van der Waals surface area contributed by atoms with Gasteiger partial charge in [0.05, 0.1) is 19.7 Å². The molecule has 90 valence electrons. The summed E-state index contributed by atoms with van der Waals surface area (Å²) < 4.78 is 14.9. The van der Waals surface area contributed by atoms with E-state index in [4.69, 9.17) is 9.47 Å². The van der Waals surface area contributed by atoms with Gasteiger partial charge >= 0.3 is 5.97 Å². The molecule has 0 atom stereocenters. The van der Waals surface area contributed by atoms with Crippen molar-refractivity contribution in [2.45, 2.75) is 0 Å². The first-order valence-electron chi connectivity index (χ1n) is 4.78. The van der Waals surface area contributed by atoms with Crippen molar-refractivity contribution in [1.29, 1.82) is 0 Å². The largest absolute Gasteiger partial charge is 0.493 e. The predicted octanol–water partition coefficient (Wildman–Crippen LogP) is 2.65. The van der Waals surface area contributed by atoms with E-state index in [1.165, 1.54) is 0 Å². The highest BCUT2D eigenvalue weighted by Gasteiger charge is 2.15. The van der Waals surface area contributed by atoms with Crippen LogP contribution in [0, 0.1) is 0 Å². The van der Waals surface area contributed by atoms with Gasteiger partial charge in [-0.1, -0.05) is 0 Å². The molecule has 0 amide bonds. The van der Waals surface area contributed by atoms with Crippen LogP contribution in [0.25, 0.3) is 10.9 Å². The summed E-state index contributed by atoms with van der Waals surface area (Å²) in [6, 6.07) is 5.23. The van der Waals surface area contributed by atoms with E-state index in [9.17, 15) is 4.79 Å². The second-order valence-corrected chi connectivity index (χ2v) is 3.63. The Morgan fingerprint density at radius 3 is 2.65 bits per heavy atom. The second kappa shape index (κ2) is 4.67. The van der Waals surface area contributed by atoms with Crippen LogP contribution in [0.15, 0.2) is 18.2 Å². The molecule has 0 aliphatic carbocycles. The fraction of sp³-hybridized carbons (Fsp3) is 0.182. The van der Waals surface area contributed by atoms with Gasteiger partial charge in [0.15, 0.2) is 27.8 Å². The third kappa shape index (κ3) is 1.95. The van der Waals surface area contributed by atoms with Gasteiger partial charge in [0, 0.05) is 5.39 Å². The molecular formula is C11H10BrNO4. The maximum Gasteiger partial charge on any atom is 0.366 e. The summed E-state index contributed by atoms with van der Waals surface area (Å²) in [7, 11) is 3.11. The number of benzene rings is 1. The molecule has 0 aliphatic rings. The molecule has 1 heterocycles. The van der Waals surface area contributed by atoms with Crippen LogP contribution in [-0.4, -0.2) is 25.2 Å². The lowest BCUT2D eigenvalue weighted by atomic mass is 10.2. The van der Waals surface area contributed by atoms with E-state index in [2.05, 4.69) is 25.1 Å². The second-order valence-electron chi connectivity index (χ2n) is 3.31. The number of hydrogen-bond acceptors (Lipinski definition) is 4. The van der Waals surface area contributed by atoms with Crippen LogP contribution in [0.3, 0.4) is 0 Å². The Labute approximate surface area is 106 Å². The smallest absolute Gasteiger partial charge is 0.366 e. The fourth-order valence-corrected chi connectivity index (χ4v) is 1.85. The number of ether oxygens (including phenoxy) is 2. The van der Waals surface area contributed by atoms with Crippen molar-refractivity contribution in [1.82, 2.24) is 4.98 Å². The Morgan fingerprint density at radius 1 is 1.29 bits per heavy atom. The zero-order valence-electron chi connectivity index (χ0n) is 9.24. The zero-order valence-corrected chi connectivity index (χ0v) is 10.8. The van der Waals surface area contributed by atoms with Crippen LogP contribution in [0.4, 0.5) is 0 Å². The Morgan fingerprint density at radius 2 is 2.06 bits per heavy atom. The molecule has 0 bridgehead atoms. The maximum atomic E-state index is 11.4. The normalized spacial score (nSPS) is 10.3. The molecular weight excluding hydrogens is 290 g/mol. The highest BCUT2D eigenvalue weighted by atomic mass is 79.9. The third-order valence-corrected chi connectivity index (χ3v) is 2.73. The molecule has 1 aromatic carbocycles. The first-order chi connectivity index (χ1) is 8.21. The Balaban J connectivity index is 2.64. The molecule has 0 unspecified atom stereocenters. The van der Waals surface area contributed by atoms with Crippen molar-refractivity contribution in [2.75, 3.05) is 14.2 Å². The van der Waals surface area contributed by atoms with E-state index in [0.717, 1.165) is 10.9 Å². The molecule has 17 heavy (non-hydrogen) atoms. The predicted molar refractivity (Wildman–Crippen MR) is 65.7 cm³/mol. The molecule has 0 fully saturated rings. The van der Waals surface area contributed by atoms with Gasteiger partial charge in [-0.25, -0.2) is 4.79 Å². The molecule has 0 saturated carbocycles. The number of fused-ring (bicyclic) bond motifs is 1. The van der Waals surface area contributed by atoms with Gasteiger partial charge in [-0.2, -0.15) is 0 Å². The van der Waals surface area contributed by atoms with Gasteiger partial charge in [0.1, 0.15) is 5.69 Å². The number of aromatic nitrogens is 1. The average molecular weight is 300 g/mol. The SMILES string of the molecule is COc1ccc2[nH]c(C(=O)OBr)cc2c1OC. The van der Waals surface area contributed by atoms with Crippen LogP contribution in [0.5, 0.6) is 11.5 Å². The minimum absolute atomic E-state index is 0.337. The zero-order chi connectivity index (χ0) is 12.4. The number of nitrogens with one attached hydrogen (secondary N) is 1. The van der Waals surface area contributed by atoms with E-state index in [0.29, 0.717) is 17.2 Å². The Kier molecular flexibility index (Phi) is 3.23. The van der Waals surface area contributed by atoms with Crippen LogP contribution in [0.1, 0.15) is 10.5 Å². The van der Waals surface area contributed by atoms with Crippen molar-refractivity contribution in [3.8, 4) is 11.5 Å². The van der Waals surface area contributed by atoms with Gasteiger partial charge in [-0.3, -0.25) is 0 Å². The molecule has 0 aliphatic heterocycles. The summed E-state index contributed by atoms with van der Waals surface area (Å²) in [5, 5.41) is 0.764. The number of halogens is 1. The van der Waals surface area contributed by atoms with Crippen LogP contribution < -0.4 is 9.47 Å². The number of H-pyrrole nitrogens is 1. The number of rotatable bonds is 3. The van der Waals surface area contributed by atoms with Gasteiger partial charge in [-0.05, 0) is 18.2 Å². The lowest BCUT2D eigenvalue weighted by Gasteiger charge is -2.07. The van der Waals surface area contributed by atoms with Crippen molar-refractivity contribution in [2.24, 2.45) is 0 Å². The topological polar surface area (TPSA) is 60.6 Å². The summed E-state index contributed by atoms with van der Waals surface area (Å²) in [5.74, 6) is 0.690. The van der Waals surface area contributed by atoms with Crippen molar-refractivity contribution in [3.05, 3.63) is 23.9 Å². The van der Waals surface area contributed by atoms with Crippen molar-refractivity contribution >= 4 is 33.1 Å². The standard InChI is InChI=1S/C11H10BrNO4/c1-15-9-4-3-7-6(10(9)16-2)5-8(13-7)11(14)17-12/h3-5,13H,1-2H3. The number of hydrogen-bond donors (Lipinski definition) is 1. The fourth-order valence-electron chi connectivity index (χ4n) is 1.68. The average Bonchev–Trinajstić information content (AvgIpc) is 2.80. The molecule has 5 nitrogen and oxygen atoms in total. The molecule has 2 rings (SSSR count). The maximum absolute atomic E-state index is 11.4. The number of methoxy groups -OCH3 is 2. The van der Waals surface area contributed by atoms with E-state index in [1.807, 2.05) is 6.07 Å². The van der Waals surface area contributed by atoms with Gasteiger partial charge < -0.3 is 18.3 Å². The molecule has 0 saturated heterocycles. The minimum atomic E-state index is -0.498. The molecule has 0 spiro atoms. The lowest BCUT2D eigenvalue weighted by molar-refractivity contribution is 0.0777. The molecule has 6 heteroatoms. The quantitative estimate of drug-likeness (QED) is 0.946. The highest BCUT2D eigenvalue weighted by molar-refractivity contribution is 9.06. The van der Waals surface area contributed by atoms with Crippen LogP contribution in [-0.2, 0) is 3.83 Å². The summed E-state index contributed by atoms with van der Waals surface area (Å²) >= 11 is 2.65. The summed E-state index contributed by atoms with van der Waals surface area (Å²) in [6.45, 7) is 0. The van der Waals surface area contributed by atoms with E-state index in [-0.39, 0.29) is 0 Å². The van der Waals surface area contributed by atoms with Crippen LogP contribution in [0.2, 0.25) is 0 Å². The lowest BCUT2D eigenvalue weighted by Crippen LogP contribution is -1.96. The summed E-state index contributed by atoms with van der Waals surface area (Å²) in [5.41, 5.74) is 1.11. The van der Waals surface area contributed by atoms with E-state index in [1.54, 1.807) is 26.4 Å². The van der Waals surface area contributed by atoms with Crippen molar-refractivity contribution in [3.63, 3.8) is 0 Å². The first kappa shape index (κ1) is 11.8. The number of carbonyl (C=O) groups is 1. The molecule has 1 aromatic heterocycles. The highest BCUT2D eigenvalue weighted by Crippen LogP contribution is 2.35. The summed E-state index contributed by atoms with van der Waals surface area (Å²) in [4.78, 5) is 14.3. The number of aromatic amines is 1. The summed E-state index contributed by atoms with van der Waals surface area (Å²) in [6.07, 6.45) is 0. The van der Waals surface area contributed by atoms with E-state index < -0.39 is 5.97 Å². The van der Waals surface area contributed by atoms with E-state index >= 15 is 0 Å². The van der Waals surface area contributed by atoms with Gasteiger partial charge in [-0.15, -0.1) is 0 Å². The minimum Gasteiger partial charge on any atom is -0.493 e. The van der Waals surface area contributed by atoms with Gasteiger partial charge in [0.2, 0.25) is 0 Å². The monoisotopic (exact) mass is 299 g/mol. The number of carbonyl (C=O) groups excluding carboxylic acids is 1. The Bertz CT molecular complexity index is 564. The van der Waals surface area contributed by atoms with Crippen molar-refractivity contribution < 1.29 is 18.1 Å². The van der Waals surface area contributed by atoms with Gasteiger partial charge in [0.25, 0.3) is 0 Å². The molecule has 2 aromatic rings. The third-order valence-electron chi connectivity index (χ3n) is 2.43. The first-order valence-corrected chi connectivity index (χ1v) is 5.42.